The van der Waals surface area contributed by atoms with Gasteiger partial charge in [0.2, 0.25) is 5.95 Å². The molecule has 0 saturated heterocycles. The summed E-state index contributed by atoms with van der Waals surface area (Å²) in [6, 6.07) is 10.9. The molecule has 0 unspecified atom stereocenters. The van der Waals surface area contributed by atoms with Gasteiger partial charge in [-0.2, -0.15) is 0 Å². The van der Waals surface area contributed by atoms with Crippen LogP contribution < -0.4 is 25.8 Å². The van der Waals surface area contributed by atoms with Gasteiger partial charge in [-0.3, -0.25) is 4.40 Å². The first kappa shape index (κ1) is 19.5. The smallest absolute Gasteiger partial charge is 0.209 e. The number of nitroso groups, excluding NO2 is 1. The van der Waals surface area contributed by atoms with E-state index in [1.165, 1.54) is 6.07 Å². The quantitative estimate of drug-likeness (QED) is 0.297. The first-order valence-electron chi connectivity index (χ1n) is 10.0. The third kappa shape index (κ3) is 3.83. The highest BCUT2D eigenvalue weighted by atomic mass is 16.6. The molecule has 32 heavy (non-hydrogen) atoms. The zero-order valence-corrected chi connectivity index (χ0v) is 17.0. The predicted molar refractivity (Wildman–Crippen MR) is 120 cm³/mol. The first-order valence-corrected chi connectivity index (χ1v) is 10.0. The van der Waals surface area contributed by atoms with Crippen LogP contribution in [0.1, 0.15) is 0 Å². The van der Waals surface area contributed by atoms with E-state index in [0.29, 0.717) is 43.8 Å². The van der Waals surface area contributed by atoms with E-state index in [4.69, 9.17) is 20.2 Å². The molecule has 0 bridgehead atoms. The molecule has 4 heterocycles. The molecular weight excluding hydrogens is 412 g/mol. The van der Waals surface area contributed by atoms with Crippen molar-refractivity contribution < 1.29 is 9.47 Å². The third-order valence-corrected chi connectivity index (χ3v) is 4.94. The number of nitrogens with one attached hydrogen (secondary N) is 2. The highest BCUT2D eigenvalue weighted by Gasteiger charge is 2.14. The van der Waals surface area contributed by atoms with Crippen molar-refractivity contribution in [2.75, 3.05) is 42.7 Å². The Balaban J connectivity index is 1.32. The van der Waals surface area contributed by atoms with Gasteiger partial charge in [0, 0.05) is 37.1 Å². The van der Waals surface area contributed by atoms with Gasteiger partial charge in [0.1, 0.15) is 30.4 Å². The van der Waals surface area contributed by atoms with Gasteiger partial charge in [-0.15, -0.1) is 4.91 Å². The molecule has 0 aliphatic carbocycles. The number of nitrogens with zero attached hydrogens (tertiary/aromatic N) is 5. The molecular formula is C21H20N8O3. The van der Waals surface area contributed by atoms with Crippen molar-refractivity contribution in [3.8, 4) is 22.8 Å². The molecule has 0 atom stereocenters. The standard InChI is InChI=1S/C21H20N8O3/c22-20-14(28-30)2-4-18(27-20)23-5-6-25-21-26-15(12-19-24-7-8-29(19)21)13-1-3-16-17(11-13)32-10-9-31-16/h1-4,7-8,11-12H,5-6,9-10H2,(H,25,26)(H3,22,23,27). The summed E-state index contributed by atoms with van der Waals surface area (Å²) in [6.45, 7) is 2.18. The van der Waals surface area contributed by atoms with Crippen LogP contribution in [-0.4, -0.2) is 45.7 Å². The van der Waals surface area contributed by atoms with Crippen molar-refractivity contribution in [3.05, 3.63) is 53.7 Å². The monoisotopic (exact) mass is 432 g/mol. The van der Waals surface area contributed by atoms with E-state index < -0.39 is 0 Å². The number of hydrogen-bond donors (Lipinski definition) is 3. The van der Waals surface area contributed by atoms with Crippen LogP contribution >= 0.6 is 0 Å². The molecule has 5 rings (SSSR count). The Bertz CT molecular complexity index is 1290. The number of nitrogen functional groups attached to an aromatic ring is 1. The minimum atomic E-state index is 0.0897. The van der Waals surface area contributed by atoms with Gasteiger partial charge in [0.25, 0.3) is 0 Å². The Kier molecular flexibility index (Phi) is 5.12. The second kappa shape index (κ2) is 8.38. The van der Waals surface area contributed by atoms with Crippen LogP contribution in [0.3, 0.4) is 0 Å². The Hall–Kier alpha value is -4.41. The molecule has 162 valence electrons. The van der Waals surface area contributed by atoms with E-state index >= 15 is 0 Å². The lowest BCUT2D eigenvalue weighted by Crippen LogP contribution is -2.17. The van der Waals surface area contributed by atoms with E-state index in [1.807, 2.05) is 34.9 Å². The molecule has 11 heteroatoms. The lowest BCUT2D eigenvalue weighted by atomic mass is 10.1. The minimum absolute atomic E-state index is 0.0897. The fourth-order valence-corrected chi connectivity index (χ4v) is 3.41. The molecule has 1 aliphatic rings. The Labute approximate surface area is 182 Å². The Morgan fingerprint density at radius 3 is 2.72 bits per heavy atom. The molecule has 4 N–H and O–H groups in total. The zero-order valence-electron chi connectivity index (χ0n) is 17.0. The van der Waals surface area contributed by atoms with Crippen molar-refractivity contribution in [3.63, 3.8) is 0 Å². The summed E-state index contributed by atoms with van der Waals surface area (Å²) >= 11 is 0. The van der Waals surface area contributed by atoms with Crippen molar-refractivity contribution >= 4 is 28.9 Å². The second-order valence-corrected chi connectivity index (χ2v) is 7.02. The molecule has 0 amide bonds. The van der Waals surface area contributed by atoms with E-state index in [9.17, 15) is 4.91 Å². The summed E-state index contributed by atoms with van der Waals surface area (Å²) in [4.78, 5) is 23.9. The largest absolute Gasteiger partial charge is 0.486 e. The predicted octanol–water partition coefficient (Wildman–Crippen LogP) is 3.07. The lowest BCUT2D eigenvalue weighted by molar-refractivity contribution is 0.171. The molecule has 0 saturated carbocycles. The number of hydrogen-bond acceptors (Lipinski definition) is 10. The van der Waals surface area contributed by atoms with E-state index in [0.717, 1.165) is 22.7 Å². The van der Waals surface area contributed by atoms with Crippen molar-refractivity contribution in [1.29, 1.82) is 0 Å². The fourth-order valence-electron chi connectivity index (χ4n) is 3.41. The molecule has 4 aromatic rings. The van der Waals surface area contributed by atoms with Crippen molar-refractivity contribution in [2.24, 2.45) is 5.18 Å². The van der Waals surface area contributed by atoms with Crippen molar-refractivity contribution in [1.82, 2.24) is 19.4 Å². The van der Waals surface area contributed by atoms with Gasteiger partial charge in [0.15, 0.2) is 17.3 Å². The summed E-state index contributed by atoms with van der Waals surface area (Å²) in [5, 5.41) is 9.29. The number of imidazole rings is 1. The SMILES string of the molecule is Nc1nc(NCCNc2nc(-c3ccc4c(c3)OCCO4)cc3nccn23)ccc1N=O. The van der Waals surface area contributed by atoms with Gasteiger partial charge in [-0.1, -0.05) is 0 Å². The van der Waals surface area contributed by atoms with Crippen LogP contribution in [0.4, 0.5) is 23.3 Å². The van der Waals surface area contributed by atoms with Gasteiger partial charge >= 0.3 is 0 Å². The highest BCUT2D eigenvalue weighted by molar-refractivity contribution is 5.69. The van der Waals surface area contributed by atoms with Crippen LogP contribution in [-0.2, 0) is 0 Å². The average Bonchev–Trinajstić information content (AvgIpc) is 3.30. The maximum absolute atomic E-state index is 10.6. The highest BCUT2D eigenvalue weighted by Crippen LogP contribution is 2.34. The summed E-state index contributed by atoms with van der Waals surface area (Å²) in [5.74, 6) is 2.74. The first-order chi connectivity index (χ1) is 15.7. The van der Waals surface area contributed by atoms with Crippen LogP contribution in [0, 0.1) is 4.91 Å². The summed E-state index contributed by atoms with van der Waals surface area (Å²) < 4.78 is 13.2. The number of fused-ring (bicyclic) bond motifs is 2. The summed E-state index contributed by atoms with van der Waals surface area (Å²) in [6.07, 6.45) is 3.57. The van der Waals surface area contributed by atoms with E-state index in [-0.39, 0.29) is 11.5 Å². The van der Waals surface area contributed by atoms with Crippen LogP contribution in [0.25, 0.3) is 16.9 Å². The fraction of sp³-hybridized carbons (Fsp3) is 0.190. The van der Waals surface area contributed by atoms with Gasteiger partial charge in [0.05, 0.1) is 5.69 Å². The molecule has 11 nitrogen and oxygen atoms in total. The number of ether oxygens (including phenoxy) is 2. The lowest BCUT2D eigenvalue weighted by Gasteiger charge is -2.19. The number of nitrogens with two attached hydrogens (primary N) is 1. The number of pyridine rings is 1. The molecule has 0 radical (unpaired) electrons. The second-order valence-electron chi connectivity index (χ2n) is 7.02. The number of rotatable bonds is 7. The molecule has 1 aromatic carbocycles. The Morgan fingerprint density at radius 1 is 1.03 bits per heavy atom. The average molecular weight is 432 g/mol. The molecule has 3 aromatic heterocycles. The summed E-state index contributed by atoms with van der Waals surface area (Å²) in [5.41, 5.74) is 8.26. The minimum Gasteiger partial charge on any atom is -0.486 e. The number of benzene rings is 1. The van der Waals surface area contributed by atoms with Crippen molar-refractivity contribution in [2.45, 2.75) is 0 Å². The normalized spacial score (nSPS) is 12.5. The number of aromatic nitrogens is 4. The topological polar surface area (TPSA) is 141 Å². The van der Waals surface area contributed by atoms with Crippen LogP contribution in [0.15, 0.2) is 54.0 Å². The Morgan fingerprint density at radius 2 is 1.88 bits per heavy atom. The molecule has 0 fully saturated rings. The van der Waals surface area contributed by atoms with E-state index in [1.54, 1.807) is 12.3 Å². The number of anilines is 3. The van der Waals surface area contributed by atoms with Crippen LogP contribution in [0.5, 0.6) is 11.5 Å². The zero-order chi connectivity index (χ0) is 21.9. The van der Waals surface area contributed by atoms with Gasteiger partial charge in [-0.05, 0) is 35.5 Å². The van der Waals surface area contributed by atoms with Gasteiger partial charge in [-0.25, -0.2) is 15.0 Å². The maximum atomic E-state index is 10.6. The van der Waals surface area contributed by atoms with E-state index in [2.05, 4.69) is 25.8 Å². The summed E-state index contributed by atoms with van der Waals surface area (Å²) in [7, 11) is 0. The molecule has 1 aliphatic heterocycles. The maximum Gasteiger partial charge on any atom is 0.209 e. The third-order valence-electron chi connectivity index (χ3n) is 4.94. The van der Waals surface area contributed by atoms with Crippen LogP contribution in [0.2, 0.25) is 0 Å². The molecule has 0 spiro atoms. The van der Waals surface area contributed by atoms with Gasteiger partial charge < -0.3 is 25.8 Å².